The highest BCUT2D eigenvalue weighted by atomic mass is 19.1. The number of halogens is 2. The Balaban J connectivity index is 2.98. The van der Waals surface area contributed by atoms with Crippen molar-refractivity contribution in [2.45, 2.75) is 12.6 Å². The smallest absolute Gasteiger partial charge is 0.158 e. The molecule has 0 aliphatic rings. The van der Waals surface area contributed by atoms with Crippen LogP contribution in [0, 0.1) is 0 Å². The third-order valence-corrected chi connectivity index (χ3v) is 0.533. The van der Waals surface area contributed by atoms with Crippen LogP contribution in [0.15, 0.2) is 0 Å². The molecule has 1 atom stereocenters. The summed E-state index contributed by atoms with van der Waals surface area (Å²) in [6, 6.07) is 0. The Kier molecular flexibility index (Phi) is 3.46. The van der Waals surface area contributed by atoms with Gasteiger partial charge >= 0.3 is 0 Å². The summed E-state index contributed by atoms with van der Waals surface area (Å²) in [5, 5.41) is 0. The van der Waals surface area contributed by atoms with E-state index in [1.165, 1.54) is 0 Å². The van der Waals surface area contributed by atoms with Crippen LogP contribution in [0.3, 0.4) is 0 Å². The van der Waals surface area contributed by atoms with Gasteiger partial charge in [-0.1, -0.05) is 0 Å². The zero-order valence-electron chi connectivity index (χ0n) is 3.73. The molecule has 0 aliphatic heterocycles. The van der Waals surface area contributed by atoms with E-state index in [1.54, 1.807) is 0 Å². The summed E-state index contributed by atoms with van der Waals surface area (Å²) in [4.78, 5) is 9.35. The van der Waals surface area contributed by atoms with E-state index in [4.69, 9.17) is 0 Å². The minimum Gasteiger partial charge on any atom is -0.300 e. The van der Waals surface area contributed by atoms with Gasteiger partial charge in [-0.3, -0.25) is 4.39 Å². The van der Waals surface area contributed by atoms with E-state index in [2.05, 4.69) is 0 Å². The molecule has 0 bridgehead atoms. The number of hydrogen-bond acceptors (Lipinski definition) is 1. The van der Waals surface area contributed by atoms with E-state index >= 15 is 0 Å². The minimum atomic E-state index is -1.61. The van der Waals surface area contributed by atoms with Gasteiger partial charge in [0, 0.05) is 6.42 Å². The Morgan fingerprint density at radius 1 is 1.71 bits per heavy atom. The molecule has 1 nitrogen and oxygen atoms in total. The first-order chi connectivity index (χ1) is 3.31. The Hall–Kier alpha value is -0.470. The Labute approximate surface area is 40.3 Å². The van der Waals surface area contributed by atoms with Gasteiger partial charge in [0.05, 0.1) is 6.67 Å². The highest BCUT2D eigenvalue weighted by molar-refractivity contribution is 5.55. The molecular formula is C4H6F2O. The molecule has 7 heavy (non-hydrogen) atoms. The fraction of sp³-hybridized carbons (Fsp3) is 0.750. The predicted molar refractivity (Wildman–Crippen MR) is 21.6 cm³/mol. The van der Waals surface area contributed by atoms with Crippen molar-refractivity contribution in [1.82, 2.24) is 0 Å². The van der Waals surface area contributed by atoms with E-state index in [0.29, 0.717) is 0 Å². The van der Waals surface area contributed by atoms with Crippen LogP contribution in [0.2, 0.25) is 0 Å². The summed E-state index contributed by atoms with van der Waals surface area (Å²) in [6.07, 6.45) is -1.81. The highest BCUT2D eigenvalue weighted by Gasteiger charge is 2.00. The van der Waals surface area contributed by atoms with Crippen molar-refractivity contribution in [1.29, 1.82) is 0 Å². The van der Waals surface area contributed by atoms with Gasteiger partial charge in [0.25, 0.3) is 0 Å². The van der Waals surface area contributed by atoms with Crippen LogP contribution >= 0.6 is 0 Å². The van der Waals surface area contributed by atoms with Gasteiger partial charge in [-0.25, -0.2) is 4.39 Å². The maximum atomic E-state index is 11.5. The van der Waals surface area contributed by atoms with Gasteiger partial charge in [-0.15, -0.1) is 0 Å². The highest BCUT2D eigenvalue weighted by Crippen LogP contribution is 1.91. The van der Waals surface area contributed by atoms with Crippen molar-refractivity contribution in [3.63, 3.8) is 0 Å². The molecule has 0 amide bonds. The molecule has 0 radical (unpaired) electrons. The van der Waals surface area contributed by atoms with E-state index in [1.807, 2.05) is 0 Å². The maximum absolute atomic E-state index is 11.5. The third-order valence-electron chi connectivity index (χ3n) is 0.533. The van der Waals surface area contributed by atoms with Crippen LogP contribution in [0.1, 0.15) is 6.42 Å². The Bertz CT molecular complexity index is 55.7. The average molecular weight is 108 g/mol. The topological polar surface area (TPSA) is 17.1 Å². The molecule has 0 aromatic carbocycles. The van der Waals surface area contributed by atoms with E-state index in [9.17, 15) is 13.6 Å². The lowest BCUT2D eigenvalue weighted by Gasteiger charge is -1.88. The second kappa shape index (κ2) is 3.71. The van der Waals surface area contributed by atoms with Crippen LogP contribution in [0.25, 0.3) is 0 Å². The molecule has 0 fully saturated rings. The molecule has 0 saturated heterocycles. The lowest BCUT2D eigenvalue weighted by molar-refractivity contribution is -0.112. The van der Waals surface area contributed by atoms with Gasteiger partial charge in [-0.05, 0) is 0 Å². The quantitative estimate of drug-likeness (QED) is 0.490. The van der Waals surface area contributed by atoms with Crippen molar-refractivity contribution in [3.05, 3.63) is 0 Å². The standard InChI is InChI=1S/C4H6F2O/c5-2-1-4(6)3-7/h3-4H,1-2H2. The van der Waals surface area contributed by atoms with Gasteiger partial charge in [0.15, 0.2) is 12.5 Å². The summed E-state index contributed by atoms with van der Waals surface area (Å²) in [5.41, 5.74) is 0. The molecule has 0 spiro atoms. The van der Waals surface area contributed by atoms with E-state index in [-0.39, 0.29) is 12.7 Å². The minimum absolute atomic E-state index is 0.0968. The van der Waals surface area contributed by atoms with E-state index in [0.717, 1.165) is 0 Å². The second-order valence-corrected chi connectivity index (χ2v) is 1.13. The van der Waals surface area contributed by atoms with Crippen molar-refractivity contribution in [2.75, 3.05) is 6.67 Å². The maximum Gasteiger partial charge on any atom is 0.158 e. The van der Waals surface area contributed by atoms with Crippen molar-refractivity contribution < 1.29 is 13.6 Å². The van der Waals surface area contributed by atoms with E-state index < -0.39 is 12.8 Å². The number of alkyl halides is 2. The van der Waals surface area contributed by atoms with Crippen LogP contribution in [0.4, 0.5) is 8.78 Å². The largest absolute Gasteiger partial charge is 0.300 e. The summed E-state index contributed by atoms with van der Waals surface area (Å²) in [7, 11) is 0. The fourth-order valence-corrected chi connectivity index (χ4v) is 0.172. The molecule has 0 aromatic rings. The lowest BCUT2D eigenvalue weighted by atomic mass is 10.3. The molecule has 0 N–H and O–H groups in total. The van der Waals surface area contributed by atoms with Crippen molar-refractivity contribution in [3.8, 4) is 0 Å². The molecule has 0 aliphatic carbocycles. The van der Waals surface area contributed by atoms with Crippen LogP contribution < -0.4 is 0 Å². The van der Waals surface area contributed by atoms with Crippen molar-refractivity contribution >= 4 is 6.29 Å². The second-order valence-electron chi connectivity index (χ2n) is 1.13. The average Bonchev–Trinajstić information content (AvgIpc) is 1.68. The molecule has 0 aromatic heterocycles. The van der Waals surface area contributed by atoms with Gasteiger partial charge < -0.3 is 4.79 Å². The summed E-state index contributed by atoms with van der Waals surface area (Å²) < 4.78 is 22.6. The SMILES string of the molecule is O=CC(F)CCF. The molecule has 0 saturated carbocycles. The Morgan fingerprint density at radius 3 is 2.43 bits per heavy atom. The van der Waals surface area contributed by atoms with Crippen molar-refractivity contribution in [2.24, 2.45) is 0 Å². The summed E-state index contributed by atoms with van der Waals surface area (Å²) in [5.74, 6) is 0. The number of hydrogen-bond donors (Lipinski definition) is 0. The Morgan fingerprint density at radius 2 is 2.29 bits per heavy atom. The first-order valence-electron chi connectivity index (χ1n) is 1.96. The van der Waals surface area contributed by atoms with Gasteiger partial charge in [-0.2, -0.15) is 0 Å². The van der Waals surface area contributed by atoms with Gasteiger partial charge in [0.2, 0.25) is 0 Å². The first-order valence-corrected chi connectivity index (χ1v) is 1.96. The molecule has 3 heteroatoms. The molecule has 0 rings (SSSR count). The first kappa shape index (κ1) is 6.53. The monoisotopic (exact) mass is 108 g/mol. The van der Waals surface area contributed by atoms with Gasteiger partial charge in [0.1, 0.15) is 0 Å². The van der Waals surface area contributed by atoms with Crippen LogP contribution in [0.5, 0.6) is 0 Å². The summed E-state index contributed by atoms with van der Waals surface area (Å²) in [6.45, 7) is -0.764. The molecule has 1 unspecified atom stereocenters. The normalized spacial score (nSPS) is 13.4. The third kappa shape index (κ3) is 3.36. The lowest BCUT2D eigenvalue weighted by Crippen LogP contribution is -2.00. The fourth-order valence-electron chi connectivity index (χ4n) is 0.172. The number of carbonyl (C=O) groups is 1. The number of aldehydes is 1. The molecular weight excluding hydrogens is 102 g/mol. The molecule has 0 heterocycles. The molecule has 42 valence electrons. The van der Waals surface area contributed by atoms with Crippen LogP contribution in [-0.4, -0.2) is 19.1 Å². The zero-order valence-corrected chi connectivity index (χ0v) is 3.73. The number of rotatable bonds is 3. The zero-order chi connectivity index (χ0) is 5.70. The predicted octanol–water partition coefficient (Wildman–Crippen LogP) is 0.883. The van der Waals surface area contributed by atoms with Crippen LogP contribution in [-0.2, 0) is 4.79 Å². The number of carbonyl (C=O) groups excluding carboxylic acids is 1. The summed E-state index contributed by atoms with van der Waals surface area (Å²) >= 11 is 0.